The van der Waals surface area contributed by atoms with Gasteiger partial charge in [-0.15, -0.1) is 11.3 Å². The Balaban J connectivity index is 1.14. The molecule has 2 amide bonds. The highest BCUT2D eigenvalue weighted by atomic mass is 32.1. The lowest BCUT2D eigenvalue weighted by molar-refractivity contribution is 0.122. The lowest BCUT2D eigenvalue weighted by Gasteiger charge is -2.28. The Morgan fingerprint density at radius 1 is 0.886 bits per heavy atom. The van der Waals surface area contributed by atoms with Crippen molar-refractivity contribution in [1.82, 2.24) is 19.4 Å². The van der Waals surface area contributed by atoms with Gasteiger partial charge < -0.3 is 25.6 Å². The number of amides is 2. The Morgan fingerprint density at radius 2 is 1.66 bits per heavy atom. The fraction of sp³-hybridized carbons (Fsp3) is 0.152. The molecule has 0 radical (unpaired) electrons. The number of anilines is 5. The van der Waals surface area contributed by atoms with Crippen LogP contribution < -0.4 is 20.9 Å². The van der Waals surface area contributed by atoms with E-state index in [0.717, 1.165) is 70.8 Å². The normalized spacial score (nSPS) is 13.2. The molecule has 10 nitrogen and oxygen atoms in total. The van der Waals surface area contributed by atoms with Crippen molar-refractivity contribution in [2.24, 2.45) is 0 Å². The van der Waals surface area contributed by atoms with Crippen LogP contribution in [0.5, 0.6) is 0 Å². The van der Waals surface area contributed by atoms with E-state index >= 15 is 0 Å². The number of carbonyl (C=O) groups excluding carboxylic acids is 1. The van der Waals surface area contributed by atoms with Crippen molar-refractivity contribution >= 4 is 51.0 Å². The average Bonchev–Trinajstić information content (AvgIpc) is 3.64. The molecule has 3 N–H and O–H groups in total. The maximum Gasteiger partial charge on any atom is 0.323 e. The molecule has 1 saturated heterocycles. The number of morpholine rings is 1. The number of nitrogens with zero attached hydrogens (tertiary/aromatic N) is 5. The van der Waals surface area contributed by atoms with Gasteiger partial charge in [0.2, 0.25) is 5.95 Å². The molecule has 4 heterocycles. The topological polar surface area (TPSA) is 109 Å². The van der Waals surface area contributed by atoms with Crippen LogP contribution in [-0.4, -0.2) is 51.7 Å². The second kappa shape index (κ2) is 12.2. The molecular formula is C33H30N8O2S. The number of urea groups is 1. The molecule has 0 unspecified atom stereocenters. The molecule has 44 heavy (non-hydrogen) atoms. The Morgan fingerprint density at radius 3 is 2.45 bits per heavy atom. The number of rotatable bonds is 7. The fourth-order valence-corrected chi connectivity index (χ4v) is 5.96. The summed E-state index contributed by atoms with van der Waals surface area (Å²) >= 11 is 1.55. The van der Waals surface area contributed by atoms with Crippen molar-refractivity contribution in [2.75, 3.05) is 47.2 Å². The maximum absolute atomic E-state index is 12.7. The number of carbonyl (C=O) groups is 1. The summed E-state index contributed by atoms with van der Waals surface area (Å²) in [6, 6.07) is 25.2. The maximum atomic E-state index is 12.7. The predicted octanol–water partition coefficient (Wildman–Crippen LogP) is 7.05. The van der Waals surface area contributed by atoms with Crippen molar-refractivity contribution in [1.29, 1.82) is 0 Å². The molecule has 3 aromatic heterocycles. The minimum atomic E-state index is -0.316. The van der Waals surface area contributed by atoms with Gasteiger partial charge in [-0.3, -0.25) is 4.40 Å². The number of nitrogens with one attached hydrogen (secondary N) is 3. The largest absolute Gasteiger partial charge is 0.378 e. The Labute approximate surface area is 258 Å². The number of aryl methyl sites for hydroxylation is 1. The molecular weight excluding hydrogens is 572 g/mol. The zero-order valence-corrected chi connectivity index (χ0v) is 24.8. The van der Waals surface area contributed by atoms with Crippen LogP contribution in [0.3, 0.4) is 0 Å². The molecule has 220 valence electrons. The average molecular weight is 603 g/mol. The van der Waals surface area contributed by atoms with Crippen LogP contribution in [0.1, 0.15) is 5.56 Å². The number of thiazole rings is 1. The number of fused-ring (bicyclic) bond motifs is 1. The lowest BCUT2D eigenvalue weighted by atomic mass is 10.1. The number of hydrogen-bond acceptors (Lipinski definition) is 8. The highest BCUT2D eigenvalue weighted by Gasteiger charge is 2.19. The van der Waals surface area contributed by atoms with Crippen LogP contribution in [0.15, 0.2) is 96.6 Å². The number of benzene rings is 3. The van der Waals surface area contributed by atoms with Gasteiger partial charge >= 0.3 is 6.03 Å². The van der Waals surface area contributed by atoms with Gasteiger partial charge in [0.05, 0.1) is 24.6 Å². The van der Waals surface area contributed by atoms with E-state index in [1.807, 2.05) is 89.6 Å². The third-order valence-corrected chi connectivity index (χ3v) is 8.09. The molecule has 7 rings (SSSR count). The van der Waals surface area contributed by atoms with Crippen molar-refractivity contribution in [2.45, 2.75) is 6.92 Å². The summed E-state index contributed by atoms with van der Waals surface area (Å²) in [5, 5.41) is 11.2. The van der Waals surface area contributed by atoms with Crippen molar-refractivity contribution in [3.05, 3.63) is 102 Å². The Hall–Kier alpha value is -5.26. The summed E-state index contributed by atoms with van der Waals surface area (Å²) in [6.07, 6.45) is 3.73. The second-order valence-corrected chi connectivity index (χ2v) is 11.3. The highest BCUT2D eigenvalue weighted by Crippen LogP contribution is 2.35. The SMILES string of the molecule is Cc1cccc(NC(=O)Nc2cccc(-c3nc4sccn4c3-c3ccnc(Nc4ccc(N5CCOCC5)cc4)n3)c2)c1. The van der Waals surface area contributed by atoms with Crippen LogP contribution in [0.25, 0.3) is 27.6 Å². The van der Waals surface area contributed by atoms with E-state index in [9.17, 15) is 4.79 Å². The molecule has 0 saturated carbocycles. The quantitative estimate of drug-likeness (QED) is 0.180. The first-order valence-corrected chi connectivity index (χ1v) is 15.2. The molecule has 0 spiro atoms. The van der Waals surface area contributed by atoms with Gasteiger partial charge in [0.1, 0.15) is 5.69 Å². The standard InChI is InChI=1S/C33H30N8O2S/c1-22-4-2-6-25(20-22)36-32(42)37-26-7-3-5-23(21-26)29-30(41-16-19-44-33(41)39-29)28-12-13-34-31(38-28)35-24-8-10-27(11-9-24)40-14-17-43-18-15-40/h2-13,16,19-21H,14-15,17-18H2,1H3,(H,34,35,38)(H2,36,37,42). The molecule has 0 atom stereocenters. The third kappa shape index (κ3) is 5.96. The second-order valence-electron chi connectivity index (χ2n) is 10.4. The zero-order valence-electron chi connectivity index (χ0n) is 24.0. The molecule has 6 aromatic rings. The summed E-state index contributed by atoms with van der Waals surface area (Å²) in [6.45, 7) is 5.27. The van der Waals surface area contributed by atoms with Crippen LogP contribution >= 0.6 is 11.3 Å². The van der Waals surface area contributed by atoms with E-state index in [1.54, 1.807) is 17.5 Å². The first-order valence-electron chi connectivity index (χ1n) is 14.3. The van der Waals surface area contributed by atoms with Gasteiger partial charge in [0.25, 0.3) is 0 Å². The number of hydrogen-bond donors (Lipinski definition) is 3. The molecule has 0 bridgehead atoms. The van der Waals surface area contributed by atoms with E-state index in [2.05, 4.69) is 38.0 Å². The van der Waals surface area contributed by atoms with Crippen LogP contribution in [0, 0.1) is 6.92 Å². The molecule has 1 aliphatic rings. The van der Waals surface area contributed by atoms with Crippen molar-refractivity contribution in [3.8, 4) is 22.6 Å². The number of ether oxygens (including phenoxy) is 1. The highest BCUT2D eigenvalue weighted by molar-refractivity contribution is 7.15. The first-order chi connectivity index (χ1) is 21.6. The summed E-state index contributed by atoms with van der Waals surface area (Å²) in [5.41, 5.74) is 7.71. The lowest BCUT2D eigenvalue weighted by Crippen LogP contribution is -2.36. The predicted molar refractivity (Wildman–Crippen MR) is 176 cm³/mol. The molecule has 0 aliphatic carbocycles. The van der Waals surface area contributed by atoms with E-state index in [-0.39, 0.29) is 6.03 Å². The van der Waals surface area contributed by atoms with E-state index < -0.39 is 0 Å². The number of imidazole rings is 1. The first kappa shape index (κ1) is 27.6. The van der Waals surface area contributed by atoms with E-state index in [4.69, 9.17) is 14.7 Å². The smallest absolute Gasteiger partial charge is 0.323 e. The van der Waals surface area contributed by atoms with Gasteiger partial charge in [0, 0.05) is 59.2 Å². The minimum absolute atomic E-state index is 0.316. The number of aromatic nitrogens is 4. The monoisotopic (exact) mass is 602 g/mol. The fourth-order valence-electron chi connectivity index (χ4n) is 5.25. The van der Waals surface area contributed by atoms with E-state index in [0.29, 0.717) is 11.6 Å². The van der Waals surface area contributed by atoms with Gasteiger partial charge in [-0.2, -0.15) is 0 Å². The molecule has 11 heteroatoms. The molecule has 3 aromatic carbocycles. The summed E-state index contributed by atoms with van der Waals surface area (Å²) in [4.78, 5) is 30.2. The van der Waals surface area contributed by atoms with Gasteiger partial charge in [0.15, 0.2) is 4.96 Å². The van der Waals surface area contributed by atoms with E-state index in [1.165, 1.54) is 5.69 Å². The molecule has 1 aliphatic heterocycles. The van der Waals surface area contributed by atoms with Crippen LogP contribution in [-0.2, 0) is 4.74 Å². The van der Waals surface area contributed by atoms with Crippen LogP contribution in [0.2, 0.25) is 0 Å². The van der Waals surface area contributed by atoms with Gasteiger partial charge in [-0.05, 0) is 67.1 Å². The summed E-state index contributed by atoms with van der Waals surface area (Å²) in [5.74, 6) is 0.487. The Bertz CT molecular complexity index is 1930. The summed E-state index contributed by atoms with van der Waals surface area (Å²) in [7, 11) is 0. The summed E-state index contributed by atoms with van der Waals surface area (Å²) < 4.78 is 7.51. The zero-order chi connectivity index (χ0) is 29.9. The minimum Gasteiger partial charge on any atom is -0.378 e. The third-order valence-electron chi connectivity index (χ3n) is 7.33. The van der Waals surface area contributed by atoms with Crippen LogP contribution in [0.4, 0.5) is 33.5 Å². The van der Waals surface area contributed by atoms with Crippen molar-refractivity contribution < 1.29 is 9.53 Å². The van der Waals surface area contributed by atoms with Gasteiger partial charge in [-0.25, -0.2) is 19.7 Å². The van der Waals surface area contributed by atoms with Crippen molar-refractivity contribution in [3.63, 3.8) is 0 Å². The Kier molecular flexibility index (Phi) is 7.61. The molecule has 1 fully saturated rings. The van der Waals surface area contributed by atoms with Gasteiger partial charge in [-0.1, -0.05) is 24.3 Å².